The van der Waals surface area contributed by atoms with Crippen molar-refractivity contribution in [3.05, 3.63) is 45.7 Å². The second kappa shape index (κ2) is 8.91. The normalized spacial score (nSPS) is 11.4. The monoisotopic (exact) mass is 402 g/mol. The molecule has 2 aromatic rings. The van der Waals surface area contributed by atoms with Gasteiger partial charge in [0.15, 0.2) is 11.0 Å². The molecule has 0 aliphatic heterocycles. The zero-order valence-corrected chi connectivity index (χ0v) is 15.0. The van der Waals surface area contributed by atoms with Crippen molar-refractivity contribution in [2.75, 3.05) is 30.0 Å². The Kier molecular flexibility index (Phi) is 6.86. The highest BCUT2D eigenvalue weighted by atomic mass is 32.2. The van der Waals surface area contributed by atoms with Gasteiger partial charge in [0.05, 0.1) is 12.2 Å². The van der Waals surface area contributed by atoms with Crippen LogP contribution in [0.3, 0.4) is 0 Å². The van der Waals surface area contributed by atoms with Crippen LogP contribution in [-0.2, 0) is 10.9 Å². The Hall–Kier alpha value is -2.53. The van der Waals surface area contributed by atoms with E-state index in [4.69, 9.17) is 10.5 Å². The number of hydrogen-bond donors (Lipinski definition) is 3. The molecule has 4 N–H and O–H groups in total. The summed E-state index contributed by atoms with van der Waals surface area (Å²) >= 11 is 1.23. The lowest BCUT2D eigenvalue weighted by Gasteiger charge is -2.10. The number of hydrogen-bond acceptors (Lipinski definition) is 6. The third-order valence-corrected chi connectivity index (χ3v) is 4.15. The smallest absolute Gasteiger partial charge is 0.382 e. The molecule has 1 heterocycles. The number of halogens is 3. The summed E-state index contributed by atoms with van der Waals surface area (Å²) in [4.78, 5) is 30.7. The van der Waals surface area contributed by atoms with E-state index in [-0.39, 0.29) is 22.2 Å². The molecule has 1 aromatic heterocycles. The zero-order chi connectivity index (χ0) is 20.0. The van der Waals surface area contributed by atoms with Crippen LogP contribution in [0.5, 0.6) is 0 Å². The van der Waals surface area contributed by atoms with Crippen LogP contribution in [0, 0.1) is 0 Å². The van der Waals surface area contributed by atoms with Crippen LogP contribution in [0.4, 0.5) is 24.7 Å². The number of nitrogen functional groups attached to an aromatic ring is 1. The largest absolute Gasteiger partial charge is 0.416 e. The van der Waals surface area contributed by atoms with E-state index in [0.29, 0.717) is 19.0 Å². The summed E-state index contributed by atoms with van der Waals surface area (Å²) in [6, 6.07) is 3.57. The fourth-order valence-electron chi connectivity index (χ4n) is 2.00. The molecule has 0 unspecified atom stereocenters. The number of amides is 1. The molecular formula is C16H17F3N4O3S. The third-order valence-electron chi connectivity index (χ3n) is 3.31. The minimum absolute atomic E-state index is 0.0584. The Morgan fingerprint density at radius 2 is 2.00 bits per heavy atom. The Balaban J connectivity index is 2.10. The first-order valence-corrected chi connectivity index (χ1v) is 8.80. The lowest BCUT2D eigenvalue weighted by Crippen LogP contribution is -2.23. The van der Waals surface area contributed by atoms with Gasteiger partial charge in [-0.15, -0.1) is 0 Å². The molecule has 0 aliphatic rings. The lowest BCUT2D eigenvalue weighted by molar-refractivity contribution is -0.137. The molecule has 11 heteroatoms. The molecule has 0 fully saturated rings. The second-order valence-corrected chi connectivity index (χ2v) is 6.29. The summed E-state index contributed by atoms with van der Waals surface area (Å²) in [5.41, 5.74) is 3.85. The minimum Gasteiger partial charge on any atom is -0.382 e. The zero-order valence-electron chi connectivity index (χ0n) is 14.2. The minimum atomic E-state index is -4.50. The molecule has 0 saturated heterocycles. The Morgan fingerprint density at radius 1 is 1.33 bits per heavy atom. The number of alkyl halides is 3. The van der Waals surface area contributed by atoms with Gasteiger partial charge >= 0.3 is 6.18 Å². The van der Waals surface area contributed by atoms with Gasteiger partial charge in [-0.2, -0.15) is 13.2 Å². The number of carbonyl (C=O) groups excluding carboxylic acids is 1. The molecule has 0 bridgehead atoms. The molecule has 0 aliphatic carbocycles. The molecule has 0 atom stereocenters. The third kappa shape index (κ3) is 5.73. The molecule has 1 aromatic carbocycles. The highest BCUT2D eigenvalue weighted by Gasteiger charge is 2.30. The number of carbonyl (C=O) groups is 1. The highest BCUT2D eigenvalue weighted by Crippen LogP contribution is 2.29. The maximum absolute atomic E-state index is 12.6. The van der Waals surface area contributed by atoms with E-state index < -0.39 is 23.2 Å². The lowest BCUT2D eigenvalue weighted by atomic mass is 10.1. The summed E-state index contributed by atoms with van der Waals surface area (Å²) in [6.45, 7) is 2.90. The molecule has 1 amide bonds. The van der Waals surface area contributed by atoms with Gasteiger partial charge in [-0.05, 0) is 31.2 Å². The maximum Gasteiger partial charge on any atom is 0.416 e. The van der Waals surface area contributed by atoms with Crippen molar-refractivity contribution in [2.45, 2.75) is 18.3 Å². The van der Waals surface area contributed by atoms with E-state index in [1.54, 1.807) is 0 Å². The van der Waals surface area contributed by atoms with Gasteiger partial charge in [0.1, 0.15) is 5.69 Å². The number of thioether (sulfide) groups is 1. The fraction of sp³-hybridized carbons (Fsp3) is 0.312. The van der Waals surface area contributed by atoms with Crippen molar-refractivity contribution in [3.63, 3.8) is 0 Å². The predicted octanol–water partition coefficient (Wildman–Crippen LogP) is 2.75. The van der Waals surface area contributed by atoms with Gasteiger partial charge in [0.2, 0.25) is 0 Å². The van der Waals surface area contributed by atoms with Gasteiger partial charge in [-0.25, -0.2) is 4.98 Å². The number of anilines is 2. The summed E-state index contributed by atoms with van der Waals surface area (Å²) in [5, 5.41) is 2.54. The fourth-order valence-corrected chi connectivity index (χ4v) is 2.72. The van der Waals surface area contributed by atoms with Crippen LogP contribution in [0.15, 0.2) is 34.2 Å². The maximum atomic E-state index is 12.6. The quantitative estimate of drug-likeness (QED) is 0.373. The van der Waals surface area contributed by atoms with Crippen LogP contribution in [-0.4, -0.2) is 34.8 Å². The first-order chi connectivity index (χ1) is 12.7. The van der Waals surface area contributed by atoms with Crippen molar-refractivity contribution in [2.24, 2.45) is 0 Å². The van der Waals surface area contributed by atoms with Crippen LogP contribution in [0.1, 0.15) is 22.8 Å². The first kappa shape index (κ1) is 20.8. The van der Waals surface area contributed by atoms with E-state index in [1.165, 1.54) is 11.8 Å². The number of aromatic amines is 1. The van der Waals surface area contributed by atoms with E-state index >= 15 is 0 Å². The van der Waals surface area contributed by atoms with Gasteiger partial charge < -0.3 is 15.8 Å². The van der Waals surface area contributed by atoms with Gasteiger partial charge in [-0.1, -0.05) is 11.8 Å². The van der Waals surface area contributed by atoms with Crippen molar-refractivity contribution in [3.8, 4) is 0 Å². The van der Waals surface area contributed by atoms with Crippen LogP contribution in [0.25, 0.3) is 0 Å². The van der Waals surface area contributed by atoms with Crippen LogP contribution in [0.2, 0.25) is 0 Å². The van der Waals surface area contributed by atoms with Crippen molar-refractivity contribution in [1.29, 1.82) is 0 Å². The number of benzene rings is 1. The SMILES string of the molecule is CCOCCSc1nc(N)c(NC(=O)c2ccc(C(F)(F)F)cc2)c(=O)[nH]1. The number of H-pyrrole nitrogens is 1. The van der Waals surface area contributed by atoms with E-state index in [1.807, 2.05) is 6.92 Å². The Morgan fingerprint density at radius 3 is 2.56 bits per heavy atom. The number of nitrogens with two attached hydrogens (primary N) is 1. The van der Waals surface area contributed by atoms with Crippen LogP contribution < -0.4 is 16.6 Å². The standard InChI is InChI=1S/C16H17F3N4O3S/c1-2-26-7-8-27-15-22-12(20)11(14(25)23-15)21-13(24)9-3-5-10(6-4-9)16(17,18)19/h3-6H,2,7-8H2,1H3,(H,21,24)(H3,20,22,23,25). The average Bonchev–Trinajstić information content (AvgIpc) is 2.61. The molecule has 0 saturated carbocycles. The van der Waals surface area contributed by atoms with Gasteiger partial charge in [-0.3, -0.25) is 14.6 Å². The highest BCUT2D eigenvalue weighted by molar-refractivity contribution is 7.99. The first-order valence-electron chi connectivity index (χ1n) is 7.81. The predicted molar refractivity (Wildman–Crippen MR) is 95.9 cm³/mol. The number of ether oxygens (including phenoxy) is 1. The molecule has 146 valence electrons. The molecule has 0 radical (unpaired) electrons. The van der Waals surface area contributed by atoms with E-state index in [2.05, 4.69) is 15.3 Å². The second-order valence-electron chi connectivity index (χ2n) is 5.21. The van der Waals surface area contributed by atoms with Crippen molar-refractivity contribution < 1.29 is 22.7 Å². The Bertz CT molecular complexity index is 853. The molecular weight excluding hydrogens is 385 g/mol. The van der Waals surface area contributed by atoms with Crippen LogP contribution >= 0.6 is 11.8 Å². The van der Waals surface area contributed by atoms with Gasteiger partial charge in [0.25, 0.3) is 11.5 Å². The summed E-state index contributed by atoms with van der Waals surface area (Å²) < 4.78 is 42.9. The summed E-state index contributed by atoms with van der Waals surface area (Å²) in [7, 11) is 0. The number of nitrogens with zero attached hydrogens (tertiary/aromatic N) is 1. The number of rotatable bonds is 7. The van der Waals surface area contributed by atoms with E-state index in [9.17, 15) is 22.8 Å². The van der Waals surface area contributed by atoms with Crippen molar-refractivity contribution in [1.82, 2.24) is 9.97 Å². The van der Waals surface area contributed by atoms with Gasteiger partial charge in [0, 0.05) is 17.9 Å². The molecule has 7 nitrogen and oxygen atoms in total. The number of aromatic nitrogens is 2. The number of nitrogens with one attached hydrogen (secondary N) is 2. The average molecular weight is 402 g/mol. The van der Waals surface area contributed by atoms with E-state index in [0.717, 1.165) is 24.3 Å². The summed E-state index contributed by atoms with van der Waals surface area (Å²) in [5.74, 6) is -0.426. The molecule has 2 rings (SSSR count). The van der Waals surface area contributed by atoms with Crippen molar-refractivity contribution >= 4 is 29.2 Å². The molecule has 0 spiro atoms. The topological polar surface area (TPSA) is 110 Å². The summed E-state index contributed by atoms with van der Waals surface area (Å²) in [6.07, 6.45) is -4.50. The Labute approximate surface area is 156 Å². The molecule has 27 heavy (non-hydrogen) atoms.